The zero-order valence-electron chi connectivity index (χ0n) is 50.7. The lowest BCUT2D eigenvalue weighted by molar-refractivity contribution is 0.443. The molecule has 0 fully saturated rings. The molecule has 0 saturated carbocycles. The van der Waals surface area contributed by atoms with Crippen molar-refractivity contribution in [2.75, 3.05) is 15.1 Å². The van der Waals surface area contributed by atoms with Gasteiger partial charge in [0.1, 0.15) is 69.0 Å². The minimum atomic E-state index is -0.376. The predicted octanol–water partition coefficient (Wildman–Crippen LogP) is 14.4. The third kappa shape index (κ3) is 7.81. The van der Waals surface area contributed by atoms with Gasteiger partial charge in [-0.1, -0.05) is 133 Å². The van der Waals surface area contributed by atoms with Crippen LogP contribution in [-0.4, -0.2) is 30.1 Å². The van der Waals surface area contributed by atoms with E-state index >= 15 is 0 Å². The summed E-state index contributed by atoms with van der Waals surface area (Å²) in [5, 5.41) is 6.13. The summed E-state index contributed by atoms with van der Waals surface area (Å²) in [5.41, 5.74) is 22.9. The molecular weight excluding hydrogens is 1150 g/mol. The highest BCUT2D eigenvalue weighted by atomic mass is 16.5. The molecule has 3 N–H and O–H groups in total. The fourth-order valence-corrected chi connectivity index (χ4v) is 15.8. The Hall–Kier alpha value is -11.9. The van der Waals surface area contributed by atoms with Gasteiger partial charge in [-0.3, -0.25) is 0 Å². The van der Waals surface area contributed by atoms with Crippen molar-refractivity contribution in [1.29, 1.82) is 0 Å². The molecule has 93 heavy (non-hydrogen) atoms. The van der Waals surface area contributed by atoms with E-state index in [1.165, 1.54) is 5.56 Å². The Kier molecular flexibility index (Phi) is 10.9. The smallest absolute Gasteiger partial charge is 0.276 e. The van der Waals surface area contributed by atoms with Crippen molar-refractivity contribution in [2.24, 2.45) is 0 Å². The van der Waals surface area contributed by atoms with Gasteiger partial charge in [0, 0.05) is 121 Å². The number of para-hydroxylation sites is 6. The van der Waals surface area contributed by atoms with Gasteiger partial charge in [-0.2, -0.15) is 0 Å². The number of aromatic nitrogens is 2. The Morgan fingerprint density at radius 3 is 1.49 bits per heavy atom. The van der Waals surface area contributed by atoms with Crippen molar-refractivity contribution in [3.63, 3.8) is 0 Å². The van der Waals surface area contributed by atoms with Crippen LogP contribution in [0.4, 0.5) is 45.5 Å². The molecule has 6 aliphatic rings. The molecule has 0 unspecified atom stereocenters. The van der Waals surface area contributed by atoms with Gasteiger partial charge < -0.3 is 53.5 Å². The van der Waals surface area contributed by atoms with E-state index < -0.39 is 0 Å². The summed E-state index contributed by atoms with van der Waals surface area (Å²) >= 11 is 0. The first-order chi connectivity index (χ1) is 45.8. The van der Waals surface area contributed by atoms with Gasteiger partial charge in [-0.15, -0.1) is 0 Å². The second-order valence-corrected chi connectivity index (χ2v) is 25.1. The quantitative estimate of drug-likeness (QED) is 0.128. The number of benzene rings is 12. The zero-order chi connectivity index (χ0) is 61.3. The van der Waals surface area contributed by atoms with E-state index in [-0.39, 0.29) is 20.1 Å². The van der Waals surface area contributed by atoms with Gasteiger partial charge >= 0.3 is 0 Å². The van der Waals surface area contributed by atoms with Crippen molar-refractivity contribution in [3.05, 3.63) is 259 Å². The lowest BCUT2D eigenvalue weighted by Gasteiger charge is -2.42. The summed E-state index contributed by atoms with van der Waals surface area (Å²) in [5.74, 6) is 8.42. The van der Waals surface area contributed by atoms with Crippen LogP contribution < -0.4 is 93.0 Å². The van der Waals surface area contributed by atoms with Gasteiger partial charge in [0.15, 0.2) is 0 Å². The maximum Gasteiger partial charge on any atom is 0.276 e. The van der Waals surface area contributed by atoms with Crippen molar-refractivity contribution >= 4 is 137 Å². The Morgan fingerprint density at radius 2 is 0.849 bits per heavy atom. The van der Waals surface area contributed by atoms with E-state index in [9.17, 15) is 0 Å². The summed E-state index contributed by atoms with van der Waals surface area (Å²) in [7, 11) is 0. The summed E-state index contributed by atoms with van der Waals surface area (Å²) in [6.07, 6.45) is 0. The van der Waals surface area contributed by atoms with Gasteiger partial charge in [0.05, 0.1) is 11.4 Å². The molecule has 0 radical (unpaired) electrons. The molecule has 20 rings (SSSR count). The lowest BCUT2D eigenvalue weighted by atomic mass is 9.30. The maximum absolute atomic E-state index is 7.50. The Balaban J connectivity index is 0.838. The second kappa shape index (κ2) is 19.6. The first kappa shape index (κ1) is 51.9. The molecule has 8 heterocycles. The maximum atomic E-state index is 7.50. The van der Waals surface area contributed by atoms with Crippen LogP contribution in [0.5, 0.6) is 69.0 Å². The highest BCUT2D eigenvalue weighted by molar-refractivity contribution is 7.03. The first-order valence-corrected chi connectivity index (χ1v) is 31.6. The minimum Gasteiger partial charge on any atom is -0.458 e. The average Bonchev–Trinajstić information content (AvgIpc) is 1.66. The van der Waals surface area contributed by atoms with Crippen LogP contribution in [0.25, 0.3) is 21.8 Å². The second-order valence-electron chi connectivity index (χ2n) is 25.1. The van der Waals surface area contributed by atoms with Gasteiger partial charge in [0.2, 0.25) is 0 Å². The molecule has 0 bridgehead atoms. The molecule has 438 valence electrons. The Morgan fingerprint density at radius 1 is 0.344 bits per heavy atom. The predicted molar refractivity (Wildman–Crippen MR) is 377 cm³/mol. The highest BCUT2D eigenvalue weighted by Gasteiger charge is 2.50. The largest absolute Gasteiger partial charge is 0.458 e. The van der Waals surface area contributed by atoms with Crippen LogP contribution >= 0.6 is 0 Å². The summed E-state index contributed by atoms with van der Waals surface area (Å²) in [4.78, 5) is 12.8. The number of nitrogens with one attached hydrogen (secondary N) is 3. The molecule has 0 aliphatic carbocycles. The number of nitrogens with zero attached hydrogens (tertiary/aromatic N) is 2. The standard InChI is InChI=1S/C79H52B3N5O6/c1-44-32-45(2)75(46(3)33-44)87-64-43-68-59(41-57(64)82-73-66(87)36-52(89-49-24-12-6-13-25-49)37-69(73)93-77-55-29-17-19-31-61(55)85-79(77)82)80-58-40-56-62(42-67(58)91-70-38-53(39-71(92-68)74(70)80)90-50-26-14-7-15-27-50)83-63-34-51(88-48-22-10-5-11-23-48)35-65-72(63)81(56)78-76(54-28-16-18-30-60(54)84-78)86(65)47-20-8-4-9-21-47/h4-43,83-85H,1-3H3. The SMILES string of the molecule is Cc1cc(C)c(N2c3cc4c(cc3B3c5[nH]c6ccccc6c5Oc5cc(Oc6ccccc6)cc2c53)B2c3cc5c(cc3Oc3cc(Oc6ccccc6)cc(c32)O4)Nc2cc(Oc3ccccc3)cc3c2B5c2[nH]c4ccccc4c2N3c2ccccc2)c(C)c1. The number of aromatic amines is 2. The van der Waals surface area contributed by atoms with Crippen LogP contribution in [0, 0.1) is 20.8 Å². The fourth-order valence-electron chi connectivity index (χ4n) is 15.8. The third-order valence-corrected chi connectivity index (χ3v) is 19.4. The van der Waals surface area contributed by atoms with E-state index in [0.717, 1.165) is 162 Å². The number of rotatable bonds is 8. The van der Waals surface area contributed by atoms with E-state index in [2.05, 4.69) is 185 Å². The van der Waals surface area contributed by atoms with E-state index in [1.54, 1.807) is 0 Å². The van der Waals surface area contributed by atoms with Crippen molar-refractivity contribution in [1.82, 2.24) is 9.97 Å². The van der Waals surface area contributed by atoms with Gasteiger partial charge in [-0.25, -0.2) is 0 Å². The lowest BCUT2D eigenvalue weighted by Crippen LogP contribution is -2.64. The van der Waals surface area contributed by atoms with Crippen molar-refractivity contribution < 1.29 is 28.4 Å². The molecule has 2 aromatic heterocycles. The zero-order valence-corrected chi connectivity index (χ0v) is 50.7. The molecule has 12 aromatic carbocycles. The topological polar surface area (TPSA) is 105 Å². The molecule has 6 aliphatic heterocycles. The molecule has 14 aromatic rings. The molecule has 0 saturated heterocycles. The van der Waals surface area contributed by atoms with Gasteiger partial charge in [0.25, 0.3) is 20.1 Å². The molecule has 0 amide bonds. The number of H-pyrrole nitrogens is 2. The Labute approximate surface area is 536 Å². The monoisotopic (exact) mass is 1200 g/mol. The molecule has 14 heteroatoms. The molecular formula is C79H52B3N5O6. The number of ether oxygens (including phenoxy) is 6. The van der Waals surface area contributed by atoms with Gasteiger partial charge in [-0.05, 0) is 131 Å². The number of fused-ring (bicyclic) bond motifs is 16. The number of hydrogen-bond donors (Lipinski definition) is 3. The third-order valence-electron chi connectivity index (χ3n) is 19.4. The summed E-state index contributed by atoms with van der Waals surface area (Å²) in [6, 6.07) is 84.1. The van der Waals surface area contributed by atoms with Crippen LogP contribution in [0.3, 0.4) is 0 Å². The highest BCUT2D eigenvalue weighted by Crippen LogP contribution is 2.50. The van der Waals surface area contributed by atoms with E-state index in [0.29, 0.717) is 34.5 Å². The number of aryl methyl sites for hydroxylation is 3. The molecule has 0 spiro atoms. The van der Waals surface area contributed by atoms with Crippen LogP contribution in [0.2, 0.25) is 0 Å². The summed E-state index contributed by atoms with van der Waals surface area (Å²) in [6.45, 7) is 5.65. The van der Waals surface area contributed by atoms with Crippen molar-refractivity contribution in [3.8, 4) is 69.0 Å². The number of anilines is 8. The Bertz CT molecular complexity index is 5510. The number of hydrogen-bond acceptors (Lipinski definition) is 9. The summed E-state index contributed by atoms with van der Waals surface area (Å²) < 4.78 is 42.5. The van der Waals surface area contributed by atoms with Crippen LogP contribution in [-0.2, 0) is 0 Å². The van der Waals surface area contributed by atoms with Crippen LogP contribution in [0.1, 0.15) is 16.7 Å². The van der Waals surface area contributed by atoms with Crippen molar-refractivity contribution in [2.45, 2.75) is 20.8 Å². The normalized spacial score (nSPS) is 13.6. The fraction of sp³-hybridized carbons (Fsp3) is 0.0380. The van der Waals surface area contributed by atoms with E-state index in [1.807, 2.05) is 103 Å². The molecule has 11 nitrogen and oxygen atoms in total. The van der Waals surface area contributed by atoms with E-state index in [4.69, 9.17) is 28.4 Å². The average molecular weight is 1200 g/mol. The molecule has 0 atom stereocenters. The van der Waals surface area contributed by atoms with Crippen LogP contribution in [0.15, 0.2) is 243 Å². The minimum absolute atomic E-state index is 0.252. The first-order valence-electron chi connectivity index (χ1n) is 31.6.